The van der Waals surface area contributed by atoms with Crippen LogP contribution in [0.3, 0.4) is 0 Å². The Balaban J connectivity index is 2.79. The van der Waals surface area contributed by atoms with E-state index >= 15 is 0 Å². The van der Waals surface area contributed by atoms with E-state index in [1.165, 1.54) is 6.07 Å². The van der Waals surface area contributed by atoms with E-state index in [2.05, 4.69) is 4.18 Å². The summed E-state index contributed by atoms with van der Waals surface area (Å²) in [6, 6.07) is 4.57. The summed E-state index contributed by atoms with van der Waals surface area (Å²) in [5, 5.41) is 8.84. The van der Waals surface area contributed by atoms with Gasteiger partial charge in [0.2, 0.25) is 0 Å². The maximum absolute atomic E-state index is 10.8. The number of carboxylic acid groups (broad SMARTS) is 1. The van der Waals surface area contributed by atoms with Crippen LogP contribution in [0, 0.1) is 0 Å². The minimum Gasteiger partial charge on any atom is -0.478 e. The van der Waals surface area contributed by atoms with Gasteiger partial charge in [-0.1, -0.05) is 12.1 Å². The number of nitrogen functional groups attached to an aromatic ring is 1. The zero-order valence-corrected chi connectivity index (χ0v) is 10.0. The quantitative estimate of drug-likeness (QED) is 0.588. The van der Waals surface area contributed by atoms with Crippen molar-refractivity contribution in [2.45, 2.75) is 6.42 Å². The molecule has 0 fully saturated rings. The van der Waals surface area contributed by atoms with Crippen LogP contribution >= 0.6 is 0 Å². The number of anilines is 1. The molecule has 0 radical (unpaired) electrons. The SMILES string of the molecule is CS(=O)(=O)OCCc1cccc(C(=O)O)c1N. The number of rotatable bonds is 5. The topological polar surface area (TPSA) is 107 Å². The highest BCUT2D eigenvalue weighted by molar-refractivity contribution is 7.85. The third-order valence-electron chi connectivity index (χ3n) is 2.10. The molecule has 0 spiro atoms. The summed E-state index contributed by atoms with van der Waals surface area (Å²) in [6.07, 6.45) is 1.18. The smallest absolute Gasteiger partial charge is 0.337 e. The standard InChI is InChI=1S/C10H13NO5S/c1-17(14,15)16-6-5-7-3-2-4-8(9(7)11)10(12)13/h2-4H,5-6,11H2,1H3,(H,12,13). The zero-order valence-electron chi connectivity index (χ0n) is 9.21. The van der Waals surface area contributed by atoms with Crippen LogP contribution in [0.5, 0.6) is 0 Å². The Bertz CT molecular complexity index is 523. The fourth-order valence-corrected chi connectivity index (χ4v) is 1.71. The van der Waals surface area contributed by atoms with Gasteiger partial charge in [0.25, 0.3) is 10.1 Å². The van der Waals surface area contributed by atoms with E-state index < -0.39 is 16.1 Å². The first-order valence-corrected chi connectivity index (χ1v) is 6.58. The maximum atomic E-state index is 10.8. The number of hydrogen-bond donors (Lipinski definition) is 2. The summed E-state index contributed by atoms with van der Waals surface area (Å²) in [5.41, 5.74) is 6.34. The van der Waals surface area contributed by atoms with Crippen LogP contribution in [-0.2, 0) is 20.7 Å². The number of benzene rings is 1. The summed E-state index contributed by atoms with van der Waals surface area (Å²) in [5.74, 6) is -1.12. The average molecular weight is 259 g/mol. The van der Waals surface area contributed by atoms with Crippen LogP contribution in [0.4, 0.5) is 5.69 Å². The van der Waals surface area contributed by atoms with Crippen molar-refractivity contribution in [1.29, 1.82) is 0 Å². The molecule has 6 nitrogen and oxygen atoms in total. The number of para-hydroxylation sites is 1. The molecule has 0 amide bonds. The highest BCUT2D eigenvalue weighted by atomic mass is 32.2. The Labute approximate surface area is 99.1 Å². The lowest BCUT2D eigenvalue weighted by molar-refractivity contribution is 0.0698. The summed E-state index contributed by atoms with van der Waals surface area (Å²) in [6.45, 7) is -0.0634. The minimum atomic E-state index is -3.49. The molecule has 94 valence electrons. The first-order valence-electron chi connectivity index (χ1n) is 4.76. The molecule has 0 heterocycles. The number of aromatic carboxylic acids is 1. The Morgan fingerprint density at radius 3 is 2.65 bits per heavy atom. The van der Waals surface area contributed by atoms with Gasteiger partial charge in [0.1, 0.15) is 0 Å². The van der Waals surface area contributed by atoms with Crippen LogP contribution < -0.4 is 5.73 Å². The predicted octanol–water partition coefficient (Wildman–Crippen LogP) is 0.486. The first kappa shape index (κ1) is 13.5. The van der Waals surface area contributed by atoms with E-state index in [9.17, 15) is 13.2 Å². The van der Waals surface area contributed by atoms with Crippen molar-refractivity contribution in [2.75, 3.05) is 18.6 Å². The Hall–Kier alpha value is -1.60. The van der Waals surface area contributed by atoms with Crippen molar-refractivity contribution in [2.24, 2.45) is 0 Å². The molecule has 0 aromatic heterocycles. The van der Waals surface area contributed by atoms with Gasteiger partial charge in [0.05, 0.1) is 18.4 Å². The molecule has 0 saturated heterocycles. The highest BCUT2D eigenvalue weighted by Crippen LogP contribution is 2.18. The van der Waals surface area contributed by atoms with Gasteiger partial charge in [-0.15, -0.1) is 0 Å². The van der Waals surface area contributed by atoms with Gasteiger partial charge in [0, 0.05) is 5.69 Å². The molecule has 0 aliphatic carbocycles. The Kier molecular flexibility index (Phi) is 4.08. The van der Waals surface area contributed by atoms with E-state index in [0.717, 1.165) is 6.26 Å². The maximum Gasteiger partial charge on any atom is 0.337 e. The lowest BCUT2D eigenvalue weighted by atomic mass is 10.1. The molecule has 1 aromatic rings. The molecule has 1 rings (SSSR count). The molecule has 3 N–H and O–H groups in total. The van der Waals surface area contributed by atoms with Crippen molar-refractivity contribution in [3.05, 3.63) is 29.3 Å². The molecule has 1 aromatic carbocycles. The third kappa shape index (κ3) is 4.04. The van der Waals surface area contributed by atoms with Gasteiger partial charge < -0.3 is 10.8 Å². The minimum absolute atomic E-state index is 0.00172. The molecule has 0 atom stereocenters. The van der Waals surface area contributed by atoms with Gasteiger partial charge in [0.15, 0.2) is 0 Å². The zero-order chi connectivity index (χ0) is 13.1. The number of carboxylic acids is 1. The van der Waals surface area contributed by atoms with Crippen molar-refractivity contribution in [3.63, 3.8) is 0 Å². The molecule has 0 aliphatic rings. The summed E-state index contributed by atoms with van der Waals surface area (Å²) >= 11 is 0. The lowest BCUT2D eigenvalue weighted by Gasteiger charge is -2.08. The second kappa shape index (κ2) is 5.15. The predicted molar refractivity (Wildman–Crippen MR) is 62.3 cm³/mol. The summed E-state index contributed by atoms with van der Waals surface area (Å²) in [4.78, 5) is 10.8. The molecule has 0 unspecified atom stereocenters. The Morgan fingerprint density at radius 2 is 2.12 bits per heavy atom. The number of carbonyl (C=O) groups is 1. The second-order valence-electron chi connectivity index (χ2n) is 3.46. The van der Waals surface area contributed by atoms with Crippen molar-refractivity contribution in [1.82, 2.24) is 0 Å². The molecular formula is C10H13NO5S. The molecule has 0 aliphatic heterocycles. The monoisotopic (exact) mass is 259 g/mol. The van der Waals surface area contributed by atoms with Gasteiger partial charge in [-0.05, 0) is 18.1 Å². The highest BCUT2D eigenvalue weighted by Gasteiger charge is 2.11. The average Bonchev–Trinajstić information content (AvgIpc) is 2.18. The second-order valence-corrected chi connectivity index (χ2v) is 5.10. The van der Waals surface area contributed by atoms with E-state index in [1.807, 2.05) is 0 Å². The first-order chi connectivity index (χ1) is 7.81. The fraction of sp³-hybridized carbons (Fsp3) is 0.300. The number of hydrogen-bond acceptors (Lipinski definition) is 5. The van der Waals surface area contributed by atoms with E-state index in [4.69, 9.17) is 10.8 Å². The van der Waals surface area contributed by atoms with Gasteiger partial charge >= 0.3 is 5.97 Å². The van der Waals surface area contributed by atoms with Crippen molar-refractivity contribution >= 4 is 21.8 Å². The summed E-state index contributed by atoms with van der Waals surface area (Å²) in [7, 11) is -3.49. The van der Waals surface area contributed by atoms with Crippen LogP contribution in [-0.4, -0.2) is 32.4 Å². The van der Waals surface area contributed by atoms with Crippen LogP contribution in [0.1, 0.15) is 15.9 Å². The van der Waals surface area contributed by atoms with Gasteiger partial charge in [-0.2, -0.15) is 8.42 Å². The van der Waals surface area contributed by atoms with Gasteiger partial charge in [-0.25, -0.2) is 4.79 Å². The normalized spacial score (nSPS) is 11.4. The van der Waals surface area contributed by atoms with Crippen molar-refractivity contribution in [3.8, 4) is 0 Å². The largest absolute Gasteiger partial charge is 0.478 e. The fourth-order valence-electron chi connectivity index (χ4n) is 1.32. The molecule has 0 bridgehead atoms. The number of nitrogens with two attached hydrogens (primary N) is 1. The van der Waals surface area contributed by atoms with Crippen LogP contribution in [0.15, 0.2) is 18.2 Å². The molecule has 7 heteroatoms. The Morgan fingerprint density at radius 1 is 1.47 bits per heavy atom. The molecule has 0 saturated carbocycles. The van der Waals surface area contributed by atoms with Crippen LogP contribution in [0.25, 0.3) is 0 Å². The van der Waals surface area contributed by atoms with Crippen LogP contribution in [0.2, 0.25) is 0 Å². The molecule has 17 heavy (non-hydrogen) atoms. The van der Waals surface area contributed by atoms with E-state index in [1.54, 1.807) is 12.1 Å². The third-order valence-corrected chi connectivity index (χ3v) is 2.69. The van der Waals surface area contributed by atoms with E-state index in [0.29, 0.717) is 5.56 Å². The lowest BCUT2D eigenvalue weighted by Crippen LogP contribution is -2.09. The molecular weight excluding hydrogens is 246 g/mol. The summed E-state index contributed by atoms with van der Waals surface area (Å²) < 4.78 is 26.0. The van der Waals surface area contributed by atoms with E-state index in [-0.39, 0.29) is 24.3 Å². The van der Waals surface area contributed by atoms with Crippen molar-refractivity contribution < 1.29 is 22.5 Å². The van der Waals surface area contributed by atoms with Gasteiger partial charge in [-0.3, -0.25) is 4.18 Å².